The summed E-state index contributed by atoms with van der Waals surface area (Å²) < 4.78 is 5.51. The zero-order chi connectivity index (χ0) is 12.8. The van der Waals surface area contributed by atoms with Crippen LogP contribution < -0.4 is 0 Å². The number of esters is 1. The summed E-state index contributed by atoms with van der Waals surface area (Å²) in [7, 11) is 0. The second kappa shape index (κ2) is 6.96. The SMILES string of the molecule is CC1CC(=O)OC2=C1CCCCCCCCCC2. The van der Waals surface area contributed by atoms with E-state index in [1.54, 1.807) is 0 Å². The Hall–Kier alpha value is -0.790. The van der Waals surface area contributed by atoms with Crippen molar-refractivity contribution in [3.63, 3.8) is 0 Å². The molecule has 0 aromatic rings. The molecule has 1 aliphatic heterocycles. The van der Waals surface area contributed by atoms with Gasteiger partial charge in [0.2, 0.25) is 0 Å². The third kappa shape index (κ3) is 3.86. The van der Waals surface area contributed by atoms with Crippen LogP contribution in [0, 0.1) is 5.92 Å². The van der Waals surface area contributed by atoms with Crippen molar-refractivity contribution in [2.75, 3.05) is 0 Å². The molecule has 1 atom stereocenters. The molecule has 2 aliphatic rings. The molecule has 1 unspecified atom stereocenters. The van der Waals surface area contributed by atoms with Crippen molar-refractivity contribution in [3.05, 3.63) is 11.3 Å². The van der Waals surface area contributed by atoms with Crippen molar-refractivity contribution >= 4 is 5.97 Å². The maximum absolute atomic E-state index is 11.5. The number of carbonyl (C=O) groups is 1. The molecule has 0 fully saturated rings. The minimum Gasteiger partial charge on any atom is -0.431 e. The van der Waals surface area contributed by atoms with E-state index < -0.39 is 0 Å². The number of rotatable bonds is 0. The summed E-state index contributed by atoms with van der Waals surface area (Å²) in [5, 5.41) is 0. The lowest BCUT2D eigenvalue weighted by Gasteiger charge is -2.25. The van der Waals surface area contributed by atoms with Gasteiger partial charge in [0.25, 0.3) is 0 Å². The lowest BCUT2D eigenvalue weighted by Crippen LogP contribution is -2.20. The van der Waals surface area contributed by atoms with E-state index in [-0.39, 0.29) is 5.97 Å². The van der Waals surface area contributed by atoms with Gasteiger partial charge in [-0.05, 0) is 30.8 Å². The second-order valence-corrected chi connectivity index (χ2v) is 5.86. The molecule has 0 saturated carbocycles. The minimum atomic E-state index is -0.0201. The van der Waals surface area contributed by atoms with Crippen LogP contribution in [0.3, 0.4) is 0 Å². The number of hydrogen-bond acceptors (Lipinski definition) is 2. The molecule has 2 rings (SSSR count). The molecular weight excluding hydrogens is 224 g/mol. The van der Waals surface area contributed by atoms with E-state index in [1.165, 1.54) is 56.9 Å². The van der Waals surface area contributed by atoms with Crippen molar-refractivity contribution in [1.82, 2.24) is 0 Å². The van der Waals surface area contributed by atoms with Gasteiger partial charge in [0, 0.05) is 6.42 Å². The first-order valence-corrected chi connectivity index (χ1v) is 7.70. The van der Waals surface area contributed by atoms with Crippen LogP contribution in [-0.4, -0.2) is 5.97 Å². The highest BCUT2D eigenvalue weighted by atomic mass is 16.5. The predicted octanol–water partition coefficient (Wildman–Crippen LogP) is 4.74. The van der Waals surface area contributed by atoms with Gasteiger partial charge in [0.15, 0.2) is 0 Å². The molecule has 0 radical (unpaired) electrons. The fourth-order valence-electron chi connectivity index (χ4n) is 3.15. The molecule has 0 aromatic carbocycles. The van der Waals surface area contributed by atoms with Gasteiger partial charge in [0.1, 0.15) is 5.76 Å². The lowest BCUT2D eigenvalue weighted by atomic mass is 9.88. The number of hydrogen-bond donors (Lipinski definition) is 0. The third-order valence-electron chi connectivity index (χ3n) is 4.26. The maximum atomic E-state index is 11.5. The number of carbonyl (C=O) groups excluding carboxylic acids is 1. The Kier molecular flexibility index (Phi) is 5.27. The average molecular weight is 250 g/mol. The zero-order valence-electron chi connectivity index (χ0n) is 11.7. The highest BCUT2D eigenvalue weighted by Gasteiger charge is 2.25. The Morgan fingerprint density at radius 1 is 0.889 bits per heavy atom. The Morgan fingerprint density at radius 2 is 1.44 bits per heavy atom. The van der Waals surface area contributed by atoms with Gasteiger partial charge in [-0.1, -0.05) is 45.4 Å². The minimum absolute atomic E-state index is 0.0201. The normalized spacial score (nSPS) is 27.8. The van der Waals surface area contributed by atoms with Crippen LogP contribution in [0.1, 0.15) is 77.6 Å². The predicted molar refractivity (Wildman–Crippen MR) is 73.1 cm³/mol. The van der Waals surface area contributed by atoms with E-state index in [0.29, 0.717) is 12.3 Å². The van der Waals surface area contributed by atoms with Crippen molar-refractivity contribution in [3.8, 4) is 0 Å². The molecule has 0 spiro atoms. The van der Waals surface area contributed by atoms with Crippen molar-refractivity contribution < 1.29 is 9.53 Å². The number of ether oxygens (including phenoxy) is 1. The summed E-state index contributed by atoms with van der Waals surface area (Å²) in [4.78, 5) is 11.5. The molecule has 0 bridgehead atoms. The Balaban J connectivity index is 2.04. The van der Waals surface area contributed by atoms with Crippen molar-refractivity contribution in [2.24, 2.45) is 5.92 Å². The molecule has 1 heterocycles. The zero-order valence-corrected chi connectivity index (χ0v) is 11.7. The van der Waals surface area contributed by atoms with Crippen LogP contribution in [0.15, 0.2) is 11.3 Å². The smallest absolute Gasteiger partial charge is 0.311 e. The van der Waals surface area contributed by atoms with Gasteiger partial charge in [-0.15, -0.1) is 0 Å². The van der Waals surface area contributed by atoms with E-state index in [0.717, 1.165) is 18.6 Å². The summed E-state index contributed by atoms with van der Waals surface area (Å²) in [5.41, 5.74) is 1.44. The summed E-state index contributed by atoms with van der Waals surface area (Å²) in [6.45, 7) is 2.18. The van der Waals surface area contributed by atoms with Crippen LogP contribution in [0.25, 0.3) is 0 Å². The summed E-state index contributed by atoms with van der Waals surface area (Å²) >= 11 is 0. The van der Waals surface area contributed by atoms with Gasteiger partial charge in [0.05, 0.1) is 6.42 Å². The first-order chi connectivity index (χ1) is 8.77. The molecule has 0 aromatic heterocycles. The van der Waals surface area contributed by atoms with Crippen molar-refractivity contribution in [1.29, 1.82) is 0 Å². The highest BCUT2D eigenvalue weighted by molar-refractivity contribution is 5.72. The summed E-state index contributed by atoms with van der Waals surface area (Å²) in [5.74, 6) is 1.41. The topological polar surface area (TPSA) is 26.3 Å². The van der Waals surface area contributed by atoms with Gasteiger partial charge in [-0.25, -0.2) is 0 Å². The van der Waals surface area contributed by atoms with E-state index in [9.17, 15) is 4.79 Å². The average Bonchev–Trinajstić information content (AvgIpc) is 2.31. The first-order valence-electron chi connectivity index (χ1n) is 7.70. The first kappa shape index (κ1) is 13.6. The van der Waals surface area contributed by atoms with E-state index in [4.69, 9.17) is 4.74 Å². The Bertz CT molecular complexity index is 317. The maximum Gasteiger partial charge on any atom is 0.311 e. The van der Waals surface area contributed by atoms with Crippen LogP contribution in [0.4, 0.5) is 0 Å². The molecular formula is C16H26O2. The molecule has 102 valence electrons. The summed E-state index contributed by atoms with van der Waals surface area (Å²) in [6.07, 6.45) is 13.2. The van der Waals surface area contributed by atoms with E-state index in [1.807, 2.05) is 0 Å². The molecule has 18 heavy (non-hydrogen) atoms. The van der Waals surface area contributed by atoms with Crippen molar-refractivity contribution in [2.45, 2.75) is 77.6 Å². The third-order valence-corrected chi connectivity index (χ3v) is 4.26. The molecule has 0 N–H and O–H groups in total. The largest absolute Gasteiger partial charge is 0.431 e. The lowest BCUT2D eigenvalue weighted by molar-refractivity contribution is -0.142. The van der Waals surface area contributed by atoms with Crippen LogP contribution in [0.5, 0.6) is 0 Å². The monoisotopic (exact) mass is 250 g/mol. The van der Waals surface area contributed by atoms with Gasteiger partial charge in [-0.2, -0.15) is 0 Å². The Morgan fingerprint density at radius 3 is 2.11 bits per heavy atom. The molecule has 0 saturated heterocycles. The van der Waals surface area contributed by atoms with Crippen LogP contribution in [0.2, 0.25) is 0 Å². The quantitative estimate of drug-likeness (QED) is 0.580. The summed E-state index contributed by atoms with van der Waals surface area (Å²) in [6, 6.07) is 0. The van der Waals surface area contributed by atoms with Gasteiger partial charge < -0.3 is 4.74 Å². The van der Waals surface area contributed by atoms with Crippen LogP contribution >= 0.6 is 0 Å². The van der Waals surface area contributed by atoms with E-state index in [2.05, 4.69) is 6.92 Å². The van der Waals surface area contributed by atoms with Gasteiger partial charge in [-0.3, -0.25) is 4.79 Å². The number of allylic oxidation sites excluding steroid dienone is 2. The fourth-order valence-corrected chi connectivity index (χ4v) is 3.15. The molecule has 0 amide bonds. The second-order valence-electron chi connectivity index (χ2n) is 5.86. The van der Waals surface area contributed by atoms with E-state index >= 15 is 0 Å². The van der Waals surface area contributed by atoms with Crippen LogP contribution in [-0.2, 0) is 9.53 Å². The molecule has 2 nitrogen and oxygen atoms in total. The standard InChI is InChI=1S/C16H26O2/c1-13-12-16(17)18-15-11-9-7-5-3-2-4-6-8-10-14(13)15/h13H,2-12H2,1H3. The molecule has 1 aliphatic carbocycles. The van der Waals surface area contributed by atoms with Gasteiger partial charge >= 0.3 is 5.97 Å². The molecule has 2 heteroatoms. The fraction of sp³-hybridized carbons (Fsp3) is 0.812. The Labute approximate surface area is 111 Å². The highest BCUT2D eigenvalue weighted by Crippen LogP contribution is 2.33.